The second-order valence-corrected chi connectivity index (χ2v) is 5.08. The monoisotopic (exact) mass is 294 g/mol. The Bertz CT molecular complexity index is 540. The van der Waals surface area contributed by atoms with Crippen LogP contribution in [0.25, 0.3) is 0 Å². The third-order valence-electron chi connectivity index (χ3n) is 3.47. The second kappa shape index (κ2) is 6.45. The van der Waals surface area contributed by atoms with Crippen LogP contribution < -0.4 is 10.6 Å². The molecule has 114 valence electrons. The van der Waals surface area contributed by atoms with Crippen molar-refractivity contribution in [1.82, 2.24) is 10.6 Å². The lowest BCUT2D eigenvalue weighted by atomic mass is 10.0. The van der Waals surface area contributed by atoms with E-state index in [2.05, 4.69) is 10.6 Å². The van der Waals surface area contributed by atoms with Gasteiger partial charge in [0.1, 0.15) is 6.04 Å². The summed E-state index contributed by atoms with van der Waals surface area (Å²) < 4.78 is 0. The van der Waals surface area contributed by atoms with Gasteiger partial charge in [-0.25, -0.2) is 4.79 Å². The van der Waals surface area contributed by atoms with E-state index in [1.165, 1.54) is 18.2 Å². The van der Waals surface area contributed by atoms with Crippen LogP contribution >= 0.6 is 0 Å². The number of phenolic OH excluding ortho intramolecular Hbond substituents is 2. The summed E-state index contributed by atoms with van der Waals surface area (Å²) in [4.78, 5) is 23.2. The Balaban J connectivity index is 2.03. The van der Waals surface area contributed by atoms with Crippen molar-refractivity contribution in [2.75, 3.05) is 6.54 Å². The minimum Gasteiger partial charge on any atom is -0.504 e. The Kier molecular flexibility index (Phi) is 4.64. The molecular formula is C14H18N2O5. The molecule has 1 heterocycles. The third kappa shape index (κ3) is 3.85. The number of aliphatic carboxylic acids is 1. The van der Waals surface area contributed by atoms with Crippen LogP contribution in [0, 0.1) is 0 Å². The predicted octanol–water partition coefficient (Wildman–Crippen LogP) is -0.0383. The van der Waals surface area contributed by atoms with Crippen molar-refractivity contribution >= 4 is 11.9 Å². The van der Waals surface area contributed by atoms with Gasteiger partial charge in [-0.3, -0.25) is 4.79 Å². The van der Waals surface area contributed by atoms with Crippen LogP contribution in [0.2, 0.25) is 0 Å². The molecule has 0 saturated carbocycles. The van der Waals surface area contributed by atoms with Crippen LogP contribution in [0.3, 0.4) is 0 Å². The molecule has 1 aliphatic heterocycles. The van der Waals surface area contributed by atoms with Crippen molar-refractivity contribution < 1.29 is 24.9 Å². The number of hydrogen-bond acceptors (Lipinski definition) is 5. The Hall–Kier alpha value is -2.28. The number of rotatable bonds is 5. The maximum Gasteiger partial charge on any atom is 0.326 e. The number of nitrogens with one attached hydrogen (secondary N) is 2. The average molecular weight is 294 g/mol. The summed E-state index contributed by atoms with van der Waals surface area (Å²) in [6.45, 7) is 0.752. The molecular weight excluding hydrogens is 276 g/mol. The number of hydrogen-bond donors (Lipinski definition) is 5. The zero-order valence-corrected chi connectivity index (χ0v) is 11.4. The maximum absolute atomic E-state index is 11.9. The van der Waals surface area contributed by atoms with E-state index in [1.54, 1.807) is 0 Å². The molecule has 7 heteroatoms. The molecule has 1 aromatic rings. The third-order valence-corrected chi connectivity index (χ3v) is 3.47. The van der Waals surface area contributed by atoms with Gasteiger partial charge in [-0.1, -0.05) is 6.07 Å². The second-order valence-electron chi connectivity index (χ2n) is 5.08. The molecule has 1 fully saturated rings. The lowest BCUT2D eigenvalue weighted by molar-refractivity contribution is -0.142. The largest absolute Gasteiger partial charge is 0.504 e. The van der Waals surface area contributed by atoms with Crippen LogP contribution in [0.1, 0.15) is 18.4 Å². The first kappa shape index (κ1) is 15.1. The fraction of sp³-hybridized carbons (Fsp3) is 0.429. The molecule has 0 aliphatic carbocycles. The molecule has 1 amide bonds. The van der Waals surface area contributed by atoms with Gasteiger partial charge < -0.3 is 26.0 Å². The summed E-state index contributed by atoms with van der Waals surface area (Å²) in [5, 5.41) is 33.3. The molecule has 5 N–H and O–H groups in total. The number of carbonyl (C=O) groups excluding carboxylic acids is 1. The number of benzene rings is 1. The fourth-order valence-electron chi connectivity index (χ4n) is 2.31. The van der Waals surface area contributed by atoms with E-state index in [9.17, 15) is 24.9 Å². The number of carbonyl (C=O) groups is 2. The van der Waals surface area contributed by atoms with Crippen LogP contribution in [0.5, 0.6) is 11.5 Å². The minimum atomic E-state index is -1.14. The van der Waals surface area contributed by atoms with Gasteiger partial charge in [-0.15, -0.1) is 0 Å². The molecule has 0 aromatic heterocycles. The Morgan fingerprint density at radius 2 is 2.10 bits per heavy atom. The van der Waals surface area contributed by atoms with Crippen molar-refractivity contribution in [3.8, 4) is 11.5 Å². The van der Waals surface area contributed by atoms with Crippen molar-refractivity contribution in [2.45, 2.75) is 31.3 Å². The highest BCUT2D eigenvalue weighted by Gasteiger charge is 2.27. The van der Waals surface area contributed by atoms with Gasteiger partial charge >= 0.3 is 5.97 Å². The first-order valence-electron chi connectivity index (χ1n) is 6.75. The minimum absolute atomic E-state index is 0.0294. The van der Waals surface area contributed by atoms with Crippen LogP contribution in [0.4, 0.5) is 0 Å². The van der Waals surface area contributed by atoms with Crippen molar-refractivity contribution in [3.63, 3.8) is 0 Å². The standard InChI is InChI=1S/C14H18N2O5/c17-11-4-3-8(7-12(11)18)6-10(14(20)21)16-13(19)9-2-1-5-15-9/h3-4,7,9-10,15,17-18H,1-2,5-6H2,(H,16,19)(H,20,21)/t9-,10-/m0/s1. The zero-order chi connectivity index (χ0) is 15.4. The number of phenols is 2. The average Bonchev–Trinajstić information content (AvgIpc) is 2.96. The van der Waals surface area contributed by atoms with E-state index in [0.29, 0.717) is 12.0 Å². The molecule has 0 spiro atoms. The summed E-state index contributed by atoms with van der Waals surface area (Å²) in [6.07, 6.45) is 1.61. The number of amides is 1. The zero-order valence-electron chi connectivity index (χ0n) is 11.4. The Morgan fingerprint density at radius 3 is 2.67 bits per heavy atom. The molecule has 0 radical (unpaired) electrons. The van der Waals surface area contributed by atoms with Crippen LogP contribution in [-0.4, -0.2) is 45.8 Å². The molecule has 21 heavy (non-hydrogen) atoms. The molecule has 1 saturated heterocycles. The molecule has 2 atom stereocenters. The van der Waals surface area contributed by atoms with Gasteiger partial charge in [0.25, 0.3) is 0 Å². The quantitative estimate of drug-likeness (QED) is 0.486. The lowest BCUT2D eigenvalue weighted by Crippen LogP contribution is -2.49. The Morgan fingerprint density at radius 1 is 1.33 bits per heavy atom. The molecule has 7 nitrogen and oxygen atoms in total. The summed E-state index contributed by atoms with van der Waals surface area (Å²) in [5.74, 6) is -2.07. The summed E-state index contributed by atoms with van der Waals surface area (Å²) in [6, 6.07) is 2.64. The van der Waals surface area contributed by atoms with Gasteiger partial charge in [0.15, 0.2) is 11.5 Å². The van der Waals surface area contributed by atoms with Crippen LogP contribution in [0.15, 0.2) is 18.2 Å². The number of carboxylic acids is 1. The fourth-order valence-corrected chi connectivity index (χ4v) is 2.31. The summed E-state index contributed by atoms with van der Waals surface area (Å²) in [7, 11) is 0. The molecule has 1 aromatic carbocycles. The number of carboxylic acid groups (broad SMARTS) is 1. The SMILES string of the molecule is O=C(O)[C@H](Cc1ccc(O)c(O)c1)NC(=O)[C@@H]1CCCN1. The first-order chi connectivity index (χ1) is 9.97. The smallest absolute Gasteiger partial charge is 0.326 e. The molecule has 1 aliphatic rings. The van der Waals surface area contributed by atoms with Gasteiger partial charge in [-0.2, -0.15) is 0 Å². The molecule has 0 bridgehead atoms. The van der Waals surface area contributed by atoms with Crippen molar-refractivity contribution in [3.05, 3.63) is 23.8 Å². The highest BCUT2D eigenvalue weighted by Crippen LogP contribution is 2.25. The predicted molar refractivity (Wildman–Crippen MR) is 74.1 cm³/mol. The van der Waals surface area contributed by atoms with E-state index in [0.717, 1.165) is 13.0 Å². The highest BCUT2D eigenvalue weighted by molar-refractivity contribution is 5.87. The van der Waals surface area contributed by atoms with Gasteiger partial charge in [0, 0.05) is 6.42 Å². The topological polar surface area (TPSA) is 119 Å². The van der Waals surface area contributed by atoms with E-state index in [4.69, 9.17) is 0 Å². The van der Waals surface area contributed by atoms with E-state index in [-0.39, 0.29) is 29.9 Å². The van der Waals surface area contributed by atoms with Crippen LogP contribution in [-0.2, 0) is 16.0 Å². The van der Waals surface area contributed by atoms with E-state index < -0.39 is 12.0 Å². The number of aromatic hydroxyl groups is 2. The van der Waals surface area contributed by atoms with Gasteiger partial charge in [-0.05, 0) is 37.1 Å². The Labute approximate surface area is 121 Å². The summed E-state index contributed by atoms with van der Waals surface area (Å²) >= 11 is 0. The highest BCUT2D eigenvalue weighted by atomic mass is 16.4. The molecule has 0 unspecified atom stereocenters. The van der Waals surface area contributed by atoms with E-state index in [1.807, 2.05) is 0 Å². The molecule has 2 rings (SSSR count). The van der Waals surface area contributed by atoms with E-state index >= 15 is 0 Å². The summed E-state index contributed by atoms with van der Waals surface area (Å²) in [5.41, 5.74) is 0.511. The van der Waals surface area contributed by atoms with Crippen molar-refractivity contribution in [1.29, 1.82) is 0 Å². The van der Waals surface area contributed by atoms with Crippen molar-refractivity contribution in [2.24, 2.45) is 0 Å². The normalized spacial score (nSPS) is 19.1. The van der Waals surface area contributed by atoms with Gasteiger partial charge in [0.2, 0.25) is 5.91 Å². The first-order valence-corrected chi connectivity index (χ1v) is 6.75. The maximum atomic E-state index is 11.9. The lowest BCUT2D eigenvalue weighted by Gasteiger charge is -2.17. The van der Waals surface area contributed by atoms with Gasteiger partial charge in [0.05, 0.1) is 6.04 Å².